The number of nitrogens with zero attached hydrogens (tertiary/aromatic N) is 1. The first-order valence-electron chi connectivity index (χ1n) is 5.30. The lowest BCUT2D eigenvalue weighted by Gasteiger charge is -2.05. The summed E-state index contributed by atoms with van der Waals surface area (Å²) >= 11 is 0. The predicted octanol–water partition coefficient (Wildman–Crippen LogP) is 2.12. The third kappa shape index (κ3) is 2.17. The molecule has 1 amide bonds. The van der Waals surface area contributed by atoms with E-state index in [2.05, 4.69) is 15.5 Å². The summed E-state index contributed by atoms with van der Waals surface area (Å²) in [6.07, 6.45) is 0. The first-order valence-corrected chi connectivity index (χ1v) is 5.30. The molecule has 0 saturated heterocycles. The van der Waals surface area contributed by atoms with Crippen molar-refractivity contribution in [2.75, 3.05) is 5.32 Å². The fourth-order valence-corrected chi connectivity index (χ4v) is 1.48. The summed E-state index contributed by atoms with van der Waals surface area (Å²) < 4.78 is 12.8. The molecule has 1 aromatic carbocycles. The number of carbonyl (C=O) groups excluding carboxylic acids is 1. The molecular formula is C12H12FN3O2. The molecule has 0 radical (unpaired) electrons. The van der Waals surface area contributed by atoms with Gasteiger partial charge in [-0.2, -0.15) is 5.10 Å². The zero-order valence-corrected chi connectivity index (χ0v) is 9.91. The standard InChI is InChI=1S/C12H12FN3O2/c1-6-7(2)15-16-11(6)14-12(18)9-4-3-8(13)5-10(9)17/h3-5,17H,1-2H3,(H2,14,15,16,18). The SMILES string of the molecule is Cc1[nH]nc(NC(=O)c2ccc(F)cc2O)c1C. The molecule has 0 atom stereocenters. The van der Waals surface area contributed by atoms with Gasteiger partial charge in [0.25, 0.3) is 5.91 Å². The highest BCUT2D eigenvalue weighted by molar-refractivity contribution is 6.05. The van der Waals surface area contributed by atoms with Crippen LogP contribution >= 0.6 is 0 Å². The Morgan fingerprint density at radius 1 is 1.44 bits per heavy atom. The summed E-state index contributed by atoms with van der Waals surface area (Å²) in [5.41, 5.74) is 1.65. The van der Waals surface area contributed by atoms with E-state index in [4.69, 9.17) is 0 Å². The quantitative estimate of drug-likeness (QED) is 0.762. The lowest BCUT2D eigenvalue weighted by Crippen LogP contribution is -2.13. The summed E-state index contributed by atoms with van der Waals surface area (Å²) in [4.78, 5) is 11.9. The number of aromatic nitrogens is 2. The zero-order valence-electron chi connectivity index (χ0n) is 9.91. The van der Waals surface area contributed by atoms with E-state index in [1.165, 1.54) is 6.07 Å². The molecule has 0 spiro atoms. The predicted molar refractivity (Wildman–Crippen MR) is 64.1 cm³/mol. The van der Waals surface area contributed by atoms with E-state index >= 15 is 0 Å². The van der Waals surface area contributed by atoms with Crippen LogP contribution in [-0.2, 0) is 0 Å². The number of phenolic OH excluding ortho intramolecular Hbond substituents is 1. The van der Waals surface area contributed by atoms with Crippen molar-refractivity contribution < 1.29 is 14.3 Å². The largest absolute Gasteiger partial charge is 0.507 e. The van der Waals surface area contributed by atoms with Gasteiger partial charge in [0.2, 0.25) is 0 Å². The van der Waals surface area contributed by atoms with Crippen molar-refractivity contribution in [3.8, 4) is 5.75 Å². The van der Waals surface area contributed by atoms with Crippen LogP contribution in [0.5, 0.6) is 5.75 Å². The molecule has 1 heterocycles. The molecule has 2 aromatic rings. The maximum Gasteiger partial charge on any atom is 0.260 e. The van der Waals surface area contributed by atoms with E-state index < -0.39 is 17.5 Å². The van der Waals surface area contributed by atoms with Crippen molar-refractivity contribution in [3.63, 3.8) is 0 Å². The number of amides is 1. The molecule has 0 aliphatic carbocycles. The van der Waals surface area contributed by atoms with Gasteiger partial charge in [0.05, 0.1) is 5.56 Å². The number of hydrogen-bond donors (Lipinski definition) is 3. The van der Waals surface area contributed by atoms with Crippen molar-refractivity contribution >= 4 is 11.7 Å². The normalized spacial score (nSPS) is 10.4. The van der Waals surface area contributed by atoms with E-state index in [0.717, 1.165) is 23.4 Å². The Hall–Kier alpha value is -2.37. The van der Waals surface area contributed by atoms with Gasteiger partial charge in [-0.25, -0.2) is 4.39 Å². The van der Waals surface area contributed by atoms with Gasteiger partial charge in [-0.05, 0) is 26.0 Å². The Kier molecular flexibility index (Phi) is 3.01. The summed E-state index contributed by atoms with van der Waals surface area (Å²) in [5.74, 6) is -1.16. The molecule has 6 heteroatoms. The van der Waals surface area contributed by atoms with Gasteiger partial charge < -0.3 is 10.4 Å². The number of aromatic hydroxyl groups is 1. The second kappa shape index (κ2) is 4.48. The number of phenols is 1. The fraction of sp³-hybridized carbons (Fsp3) is 0.167. The molecule has 0 fully saturated rings. The summed E-state index contributed by atoms with van der Waals surface area (Å²) in [6.45, 7) is 3.63. The van der Waals surface area contributed by atoms with Crippen LogP contribution in [0.1, 0.15) is 21.6 Å². The fourth-order valence-electron chi connectivity index (χ4n) is 1.48. The molecule has 0 aliphatic rings. The number of carbonyl (C=O) groups is 1. The van der Waals surface area contributed by atoms with Crippen LogP contribution in [0.3, 0.4) is 0 Å². The third-order valence-corrected chi connectivity index (χ3v) is 2.69. The highest BCUT2D eigenvalue weighted by Gasteiger charge is 2.15. The molecule has 1 aromatic heterocycles. The Labute approximate surface area is 103 Å². The van der Waals surface area contributed by atoms with Gasteiger partial charge >= 0.3 is 0 Å². The molecule has 2 rings (SSSR count). The lowest BCUT2D eigenvalue weighted by molar-refractivity contribution is 0.102. The van der Waals surface area contributed by atoms with Crippen LogP contribution in [0.4, 0.5) is 10.2 Å². The second-order valence-corrected chi connectivity index (χ2v) is 3.94. The van der Waals surface area contributed by atoms with E-state index in [0.29, 0.717) is 5.82 Å². The molecule has 18 heavy (non-hydrogen) atoms. The average Bonchev–Trinajstić information content (AvgIpc) is 2.61. The van der Waals surface area contributed by atoms with E-state index in [1.54, 1.807) is 6.92 Å². The minimum Gasteiger partial charge on any atom is -0.507 e. The highest BCUT2D eigenvalue weighted by atomic mass is 19.1. The van der Waals surface area contributed by atoms with Crippen LogP contribution in [-0.4, -0.2) is 21.2 Å². The van der Waals surface area contributed by atoms with Crippen LogP contribution in [0.15, 0.2) is 18.2 Å². The Morgan fingerprint density at radius 3 is 2.72 bits per heavy atom. The molecule has 5 nitrogen and oxygen atoms in total. The highest BCUT2D eigenvalue weighted by Crippen LogP contribution is 2.20. The van der Waals surface area contributed by atoms with Crippen LogP contribution in [0.2, 0.25) is 0 Å². The van der Waals surface area contributed by atoms with E-state index in [1.807, 2.05) is 6.92 Å². The minimum absolute atomic E-state index is 0.00328. The zero-order chi connectivity index (χ0) is 13.3. The van der Waals surface area contributed by atoms with Gasteiger partial charge in [0.1, 0.15) is 11.6 Å². The number of hydrogen-bond acceptors (Lipinski definition) is 3. The van der Waals surface area contributed by atoms with Gasteiger partial charge in [0, 0.05) is 17.3 Å². The summed E-state index contributed by atoms with van der Waals surface area (Å²) in [6, 6.07) is 3.21. The van der Waals surface area contributed by atoms with Gasteiger partial charge in [-0.15, -0.1) is 0 Å². The Morgan fingerprint density at radius 2 is 2.17 bits per heavy atom. The molecule has 0 bridgehead atoms. The molecular weight excluding hydrogens is 237 g/mol. The first-order chi connectivity index (χ1) is 8.49. The molecule has 0 unspecified atom stereocenters. The van der Waals surface area contributed by atoms with Crippen LogP contribution < -0.4 is 5.32 Å². The molecule has 94 valence electrons. The van der Waals surface area contributed by atoms with Gasteiger partial charge in [0.15, 0.2) is 5.82 Å². The van der Waals surface area contributed by atoms with Crippen molar-refractivity contribution in [3.05, 3.63) is 40.8 Å². The maximum absolute atomic E-state index is 12.8. The second-order valence-electron chi connectivity index (χ2n) is 3.94. The Balaban J connectivity index is 2.25. The number of anilines is 1. The number of benzene rings is 1. The molecule has 3 N–H and O–H groups in total. The van der Waals surface area contributed by atoms with E-state index in [-0.39, 0.29) is 5.56 Å². The van der Waals surface area contributed by atoms with Crippen LogP contribution in [0, 0.1) is 19.7 Å². The third-order valence-electron chi connectivity index (χ3n) is 2.69. The monoisotopic (exact) mass is 249 g/mol. The smallest absolute Gasteiger partial charge is 0.260 e. The van der Waals surface area contributed by atoms with Gasteiger partial charge in [-0.1, -0.05) is 0 Å². The van der Waals surface area contributed by atoms with Crippen molar-refractivity contribution in [1.29, 1.82) is 0 Å². The van der Waals surface area contributed by atoms with Crippen molar-refractivity contribution in [2.24, 2.45) is 0 Å². The molecule has 0 saturated carbocycles. The van der Waals surface area contributed by atoms with Crippen molar-refractivity contribution in [1.82, 2.24) is 10.2 Å². The average molecular weight is 249 g/mol. The topological polar surface area (TPSA) is 78.0 Å². The summed E-state index contributed by atoms with van der Waals surface area (Å²) in [7, 11) is 0. The van der Waals surface area contributed by atoms with Crippen LogP contribution in [0.25, 0.3) is 0 Å². The molecule has 0 aliphatic heterocycles. The number of halogens is 1. The maximum atomic E-state index is 12.8. The Bertz CT molecular complexity index is 607. The number of aryl methyl sites for hydroxylation is 1. The minimum atomic E-state index is -0.601. The first kappa shape index (κ1) is 12.1. The lowest BCUT2D eigenvalue weighted by atomic mass is 10.2. The number of H-pyrrole nitrogens is 1. The van der Waals surface area contributed by atoms with E-state index in [9.17, 15) is 14.3 Å². The number of aromatic amines is 1. The van der Waals surface area contributed by atoms with Crippen molar-refractivity contribution in [2.45, 2.75) is 13.8 Å². The summed E-state index contributed by atoms with van der Waals surface area (Å²) in [5, 5.41) is 18.7. The number of nitrogens with one attached hydrogen (secondary N) is 2. The number of rotatable bonds is 2. The van der Waals surface area contributed by atoms with Gasteiger partial charge in [-0.3, -0.25) is 9.89 Å².